The topological polar surface area (TPSA) is 52.0 Å². The molecule has 0 saturated carbocycles. The molecule has 0 unspecified atom stereocenters. The first-order valence-corrected chi connectivity index (χ1v) is 5.28. The number of benzene rings is 1. The van der Waals surface area contributed by atoms with E-state index in [-0.39, 0.29) is 5.92 Å². The van der Waals surface area contributed by atoms with Gasteiger partial charge in [0, 0.05) is 6.54 Å². The van der Waals surface area contributed by atoms with Gasteiger partial charge in [-0.15, -0.1) is 0 Å². The molecule has 3 heteroatoms. The summed E-state index contributed by atoms with van der Waals surface area (Å²) in [5, 5.41) is 0. The number of aromatic nitrogens is 1. The molecule has 0 aliphatic carbocycles. The number of rotatable bonds is 3. The van der Waals surface area contributed by atoms with E-state index >= 15 is 0 Å². The second-order valence-corrected chi connectivity index (χ2v) is 4.11. The lowest BCUT2D eigenvalue weighted by Gasteiger charge is -2.13. The van der Waals surface area contributed by atoms with Crippen molar-refractivity contribution < 1.29 is 4.42 Å². The lowest BCUT2D eigenvalue weighted by molar-refractivity contribution is 0.400. The van der Waals surface area contributed by atoms with Crippen LogP contribution in [0.25, 0.3) is 11.1 Å². The smallest absolute Gasteiger partial charge is 0.200 e. The third kappa shape index (κ3) is 1.88. The quantitative estimate of drug-likeness (QED) is 0.835. The Kier molecular flexibility index (Phi) is 2.73. The molecule has 80 valence electrons. The molecule has 0 fully saturated rings. The Bertz CT molecular complexity index is 415. The van der Waals surface area contributed by atoms with Crippen LogP contribution in [0.3, 0.4) is 0 Å². The fraction of sp³-hybridized carbons (Fsp3) is 0.417. The maximum Gasteiger partial charge on any atom is 0.200 e. The van der Waals surface area contributed by atoms with Crippen LogP contribution in [0, 0.1) is 5.92 Å². The summed E-state index contributed by atoms with van der Waals surface area (Å²) < 4.78 is 5.69. The summed E-state index contributed by atoms with van der Waals surface area (Å²) in [5.41, 5.74) is 7.48. The van der Waals surface area contributed by atoms with Gasteiger partial charge in [0.2, 0.25) is 0 Å². The molecular formula is C12H16N2O. The van der Waals surface area contributed by atoms with Crippen molar-refractivity contribution in [2.75, 3.05) is 6.54 Å². The monoisotopic (exact) mass is 204 g/mol. The first kappa shape index (κ1) is 10.2. The molecule has 1 atom stereocenters. The highest BCUT2D eigenvalue weighted by molar-refractivity contribution is 5.72. The predicted octanol–water partition coefficient (Wildman–Crippen LogP) is 2.53. The van der Waals surface area contributed by atoms with E-state index in [9.17, 15) is 0 Å². The zero-order valence-corrected chi connectivity index (χ0v) is 9.10. The Labute approximate surface area is 89.3 Å². The minimum absolute atomic E-state index is 0.206. The van der Waals surface area contributed by atoms with Gasteiger partial charge in [0.15, 0.2) is 11.5 Å². The van der Waals surface area contributed by atoms with E-state index in [2.05, 4.69) is 18.8 Å². The fourth-order valence-electron chi connectivity index (χ4n) is 1.71. The minimum atomic E-state index is 0.206. The summed E-state index contributed by atoms with van der Waals surface area (Å²) in [5.74, 6) is 1.41. The molecule has 2 N–H and O–H groups in total. The highest BCUT2D eigenvalue weighted by Gasteiger charge is 2.19. The van der Waals surface area contributed by atoms with Gasteiger partial charge in [-0.2, -0.15) is 0 Å². The maximum absolute atomic E-state index is 5.73. The molecule has 2 aromatic rings. The highest BCUT2D eigenvalue weighted by atomic mass is 16.3. The first-order valence-electron chi connectivity index (χ1n) is 5.28. The van der Waals surface area contributed by atoms with E-state index in [0.717, 1.165) is 17.0 Å². The standard InChI is InChI=1S/C12H16N2O/c1-8(2)9(7-13)12-14-10-5-3-4-6-11(10)15-12/h3-6,8-9H,7,13H2,1-2H3/t9-/m1/s1. The molecule has 0 radical (unpaired) electrons. The van der Waals surface area contributed by atoms with Gasteiger partial charge in [0.05, 0.1) is 5.92 Å². The number of hydrogen-bond donors (Lipinski definition) is 1. The third-order valence-corrected chi connectivity index (χ3v) is 2.69. The first-order chi connectivity index (χ1) is 7.22. The van der Waals surface area contributed by atoms with Crippen LogP contribution in [0.15, 0.2) is 28.7 Å². The zero-order chi connectivity index (χ0) is 10.8. The number of hydrogen-bond acceptors (Lipinski definition) is 3. The second-order valence-electron chi connectivity index (χ2n) is 4.11. The normalized spacial score (nSPS) is 13.6. The van der Waals surface area contributed by atoms with Crippen molar-refractivity contribution in [2.24, 2.45) is 11.7 Å². The highest BCUT2D eigenvalue weighted by Crippen LogP contribution is 2.25. The van der Waals surface area contributed by atoms with Gasteiger partial charge >= 0.3 is 0 Å². The molecular weight excluding hydrogens is 188 g/mol. The Hall–Kier alpha value is -1.35. The Balaban J connectivity index is 2.43. The molecule has 1 aromatic heterocycles. The number of nitrogens with two attached hydrogens (primary N) is 1. The van der Waals surface area contributed by atoms with Crippen molar-refractivity contribution in [1.29, 1.82) is 0 Å². The van der Waals surface area contributed by atoms with E-state index in [1.807, 2.05) is 24.3 Å². The molecule has 2 rings (SSSR count). The van der Waals surface area contributed by atoms with Crippen LogP contribution in [0.5, 0.6) is 0 Å². The van der Waals surface area contributed by atoms with Crippen LogP contribution in [0.2, 0.25) is 0 Å². The summed E-state index contributed by atoms with van der Waals surface area (Å²) in [6.07, 6.45) is 0. The minimum Gasteiger partial charge on any atom is -0.440 e. The van der Waals surface area contributed by atoms with E-state index in [1.54, 1.807) is 0 Å². The lowest BCUT2D eigenvalue weighted by atomic mass is 9.96. The van der Waals surface area contributed by atoms with Crippen LogP contribution in [0.4, 0.5) is 0 Å². The van der Waals surface area contributed by atoms with E-state index < -0.39 is 0 Å². The average Bonchev–Trinajstić information content (AvgIpc) is 2.61. The third-order valence-electron chi connectivity index (χ3n) is 2.69. The van der Waals surface area contributed by atoms with Crippen molar-refractivity contribution >= 4 is 11.1 Å². The zero-order valence-electron chi connectivity index (χ0n) is 9.10. The second kappa shape index (κ2) is 4.03. The van der Waals surface area contributed by atoms with Crippen molar-refractivity contribution in [3.8, 4) is 0 Å². The van der Waals surface area contributed by atoms with Gasteiger partial charge < -0.3 is 10.2 Å². The number of para-hydroxylation sites is 2. The molecule has 0 spiro atoms. The van der Waals surface area contributed by atoms with Crippen molar-refractivity contribution in [3.63, 3.8) is 0 Å². The molecule has 1 heterocycles. The molecule has 0 saturated heterocycles. The largest absolute Gasteiger partial charge is 0.440 e. The van der Waals surface area contributed by atoms with Crippen LogP contribution < -0.4 is 5.73 Å². The van der Waals surface area contributed by atoms with Gasteiger partial charge in [-0.3, -0.25) is 0 Å². The summed E-state index contributed by atoms with van der Waals surface area (Å²) in [4.78, 5) is 4.46. The fourth-order valence-corrected chi connectivity index (χ4v) is 1.71. The van der Waals surface area contributed by atoms with Crippen molar-refractivity contribution in [2.45, 2.75) is 19.8 Å². The van der Waals surface area contributed by atoms with Gasteiger partial charge in [0.1, 0.15) is 5.52 Å². The maximum atomic E-state index is 5.73. The SMILES string of the molecule is CC(C)[C@@H](CN)c1nc2ccccc2o1. The van der Waals surface area contributed by atoms with Crippen LogP contribution in [-0.4, -0.2) is 11.5 Å². The molecule has 0 amide bonds. The summed E-state index contributed by atoms with van der Waals surface area (Å²) in [6, 6.07) is 7.79. The van der Waals surface area contributed by atoms with E-state index in [4.69, 9.17) is 10.2 Å². The molecule has 1 aromatic carbocycles. The van der Waals surface area contributed by atoms with Crippen LogP contribution >= 0.6 is 0 Å². The molecule has 0 aliphatic rings. The van der Waals surface area contributed by atoms with Gasteiger partial charge in [-0.1, -0.05) is 26.0 Å². The predicted molar refractivity (Wildman–Crippen MR) is 60.6 cm³/mol. The Morgan fingerprint density at radius 2 is 2.07 bits per heavy atom. The summed E-state index contributed by atoms with van der Waals surface area (Å²) in [6.45, 7) is 4.84. The molecule has 0 bridgehead atoms. The van der Waals surface area contributed by atoms with Crippen LogP contribution in [0.1, 0.15) is 25.7 Å². The van der Waals surface area contributed by atoms with Gasteiger partial charge in [-0.05, 0) is 18.1 Å². The average molecular weight is 204 g/mol. The van der Waals surface area contributed by atoms with E-state index in [1.165, 1.54) is 0 Å². The van der Waals surface area contributed by atoms with Crippen molar-refractivity contribution in [1.82, 2.24) is 4.98 Å². The summed E-state index contributed by atoms with van der Waals surface area (Å²) >= 11 is 0. The van der Waals surface area contributed by atoms with Crippen LogP contribution in [-0.2, 0) is 0 Å². The van der Waals surface area contributed by atoms with E-state index in [0.29, 0.717) is 12.5 Å². The van der Waals surface area contributed by atoms with Gasteiger partial charge in [-0.25, -0.2) is 4.98 Å². The van der Waals surface area contributed by atoms with Crippen molar-refractivity contribution in [3.05, 3.63) is 30.2 Å². The number of fused-ring (bicyclic) bond motifs is 1. The Morgan fingerprint density at radius 3 is 2.67 bits per heavy atom. The Morgan fingerprint density at radius 1 is 1.33 bits per heavy atom. The molecule has 15 heavy (non-hydrogen) atoms. The molecule has 3 nitrogen and oxygen atoms in total. The van der Waals surface area contributed by atoms with Gasteiger partial charge in [0.25, 0.3) is 0 Å². The lowest BCUT2D eigenvalue weighted by Crippen LogP contribution is -2.17. The number of oxazole rings is 1. The summed E-state index contributed by atoms with van der Waals surface area (Å²) in [7, 11) is 0. The number of nitrogens with zero attached hydrogens (tertiary/aromatic N) is 1. The molecule has 0 aliphatic heterocycles.